The maximum absolute atomic E-state index is 11.4. The van der Waals surface area contributed by atoms with Crippen molar-refractivity contribution in [3.05, 3.63) is 22.2 Å². The van der Waals surface area contributed by atoms with Gasteiger partial charge in [0.25, 0.3) is 5.56 Å². The third-order valence-corrected chi connectivity index (χ3v) is 2.92. The highest BCUT2D eigenvalue weighted by atomic mass is 16.1. The topological polar surface area (TPSA) is 61.0 Å². The van der Waals surface area contributed by atoms with E-state index < -0.39 is 0 Å². The molecule has 0 amide bonds. The molecule has 0 atom stereocenters. The van der Waals surface area contributed by atoms with Gasteiger partial charge in [0.05, 0.1) is 0 Å². The average Bonchev–Trinajstić information content (AvgIpc) is 2.15. The number of piperazine rings is 1. The van der Waals surface area contributed by atoms with Gasteiger partial charge in [0.2, 0.25) is 0 Å². The van der Waals surface area contributed by atoms with Crippen LogP contribution < -0.4 is 15.8 Å². The smallest absolute Gasteiger partial charge is 0.252 e. The molecule has 0 spiro atoms. The molecule has 1 aliphatic rings. The van der Waals surface area contributed by atoms with Crippen LogP contribution in [0.5, 0.6) is 0 Å². The van der Waals surface area contributed by atoms with Crippen LogP contribution in [0.15, 0.2) is 10.9 Å². The van der Waals surface area contributed by atoms with E-state index in [1.165, 1.54) is 0 Å². The fraction of sp³-hybridized carbons (Fsp3) is 0.636. The summed E-state index contributed by atoms with van der Waals surface area (Å²) in [6.07, 6.45) is 0. The lowest BCUT2D eigenvalue weighted by Crippen LogP contribution is -2.58. The first-order chi connectivity index (χ1) is 7.49. The Bertz CT molecular complexity index is 438. The molecule has 1 aromatic heterocycles. The van der Waals surface area contributed by atoms with Crippen molar-refractivity contribution in [3.8, 4) is 0 Å². The van der Waals surface area contributed by atoms with Crippen LogP contribution in [0.1, 0.15) is 19.7 Å². The van der Waals surface area contributed by atoms with Gasteiger partial charge in [0, 0.05) is 31.2 Å². The van der Waals surface area contributed by atoms with Gasteiger partial charge < -0.3 is 15.2 Å². The number of H-pyrrole nitrogens is 1. The first-order valence-electron chi connectivity index (χ1n) is 5.55. The number of aromatic amines is 1. The SMILES string of the molecule is Cc1nc(N2CCNCC2(C)C)cc(=O)[nH]1. The molecule has 16 heavy (non-hydrogen) atoms. The number of anilines is 1. The first-order valence-corrected chi connectivity index (χ1v) is 5.55. The number of hydrogen-bond donors (Lipinski definition) is 2. The highest BCUT2D eigenvalue weighted by Gasteiger charge is 2.30. The predicted molar refractivity (Wildman–Crippen MR) is 63.9 cm³/mol. The summed E-state index contributed by atoms with van der Waals surface area (Å²) in [5.41, 5.74) is -0.0947. The van der Waals surface area contributed by atoms with Gasteiger partial charge in [-0.3, -0.25) is 4.79 Å². The normalized spacial score (nSPS) is 19.8. The standard InChI is InChI=1S/C11H18N4O/c1-8-13-9(6-10(16)14-8)15-5-4-12-7-11(15,2)3/h6,12H,4-5,7H2,1-3H3,(H,13,14,16). The van der Waals surface area contributed by atoms with E-state index in [1.807, 2.05) is 0 Å². The minimum Gasteiger partial charge on any atom is -0.349 e. The van der Waals surface area contributed by atoms with Gasteiger partial charge in [0.15, 0.2) is 0 Å². The average molecular weight is 222 g/mol. The quantitative estimate of drug-likeness (QED) is 0.716. The number of aryl methyl sites for hydroxylation is 1. The zero-order chi connectivity index (χ0) is 11.8. The van der Waals surface area contributed by atoms with Crippen LogP contribution in [-0.4, -0.2) is 35.1 Å². The second-order valence-electron chi connectivity index (χ2n) is 4.83. The molecule has 88 valence electrons. The molecule has 0 radical (unpaired) electrons. The number of aromatic nitrogens is 2. The molecule has 2 rings (SSSR count). The summed E-state index contributed by atoms with van der Waals surface area (Å²) in [6, 6.07) is 1.57. The molecular formula is C11H18N4O. The molecular weight excluding hydrogens is 204 g/mol. The molecule has 0 saturated carbocycles. The van der Waals surface area contributed by atoms with Crippen LogP contribution in [0.25, 0.3) is 0 Å². The minimum absolute atomic E-state index is 0.00845. The summed E-state index contributed by atoms with van der Waals surface area (Å²) in [7, 11) is 0. The van der Waals surface area contributed by atoms with Gasteiger partial charge in [0.1, 0.15) is 11.6 Å². The van der Waals surface area contributed by atoms with E-state index >= 15 is 0 Å². The maximum atomic E-state index is 11.4. The van der Waals surface area contributed by atoms with Gasteiger partial charge >= 0.3 is 0 Å². The van der Waals surface area contributed by atoms with Crippen molar-refractivity contribution < 1.29 is 0 Å². The third-order valence-electron chi connectivity index (χ3n) is 2.92. The monoisotopic (exact) mass is 222 g/mol. The molecule has 1 aliphatic heterocycles. The van der Waals surface area contributed by atoms with Crippen molar-refractivity contribution in [2.45, 2.75) is 26.3 Å². The first kappa shape index (κ1) is 11.1. The summed E-state index contributed by atoms with van der Waals surface area (Å²) in [5, 5.41) is 3.35. The van der Waals surface area contributed by atoms with Crippen molar-refractivity contribution in [1.29, 1.82) is 0 Å². The van der Waals surface area contributed by atoms with Crippen LogP contribution in [0.4, 0.5) is 5.82 Å². The molecule has 1 aromatic rings. The Labute approximate surface area is 94.9 Å². The number of rotatable bonds is 1. The number of nitrogens with one attached hydrogen (secondary N) is 2. The summed E-state index contributed by atoms with van der Waals surface area (Å²) in [6.45, 7) is 8.81. The lowest BCUT2D eigenvalue weighted by atomic mass is 10.0. The van der Waals surface area contributed by atoms with Crippen molar-refractivity contribution in [2.24, 2.45) is 0 Å². The van der Waals surface area contributed by atoms with Crippen LogP contribution >= 0.6 is 0 Å². The second-order valence-corrected chi connectivity index (χ2v) is 4.83. The number of hydrogen-bond acceptors (Lipinski definition) is 4. The lowest BCUT2D eigenvalue weighted by Gasteiger charge is -2.43. The highest BCUT2D eigenvalue weighted by Crippen LogP contribution is 2.22. The molecule has 5 heteroatoms. The molecule has 1 fully saturated rings. The van der Waals surface area contributed by atoms with Gasteiger partial charge in [-0.15, -0.1) is 0 Å². The van der Waals surface area contributed by atoms with Gasteiger partial charge in [-0.25, -0.2) is 4.98 Å². The van der Waals surface area contributed by atoms with Crippen LogP contribution in [-0.2, 0) is 0 Å². The van der Waals surface area contributed by atoms with E-state index in [0.717, 1.165) is 25.5 Å². The fourth-order valence-electron chi connectivity index (χ4n) is 2.11. The van der Waals surface area contributed by atoms with E-state index in [9.17, 15) is 4.79 Å². The Hall–Kier alpha value is -1.36. The largest absolute Gasteiger partial charge is 0.349 e. The molecule has 0 aliphatic carbocycles. The molecule has 1 saturated heterocycles. The molecule has 0 unspecified atom stereocenters. The number of nitrogens with zero attached hydrogens (tertiary/aromatic N) is 2. The van der Waals surface area contributed by atoms with E-state index in [-0.39, 0.29) is 11.1 Å². The van der Waals surface area contributed by atoms with Crippen molar-refractivity contribution in [1.82, 2.24) is 15.3 Å². The van der Waals surface area contributed by atoms with Gasteiger partial charge in [-0.05, 0) is 20.8 Å². The van der Waals surface area contributed by atoms with Crippen LogP contribution in [0.2, 0.25) is 0 Å². The van der Waals surface area contributed by atoms with Gasteiger partial charge in [-0.1, -0.05) is 0 Å². The summed E-state index contributed by atoms with van der Waals surface area (Å²) in [5.74, 6) is 1.43. The van der Waals surface area contributed by atoms with Crippen LogP contribution in [0.3, 0.4) is 0 Å². The molecule has 2 N–H and O–H groups in total. The van der Waals surface area contributed by atoms with Gasteiger partial charge in [-0.2, -0.15) is 0 Å². The summed E-state index contributed by atoms with van der Waals surface area (Å²) < 4.78 is 0. The van der Waals surface area contributed by atoms with E-state index in [4.69, 9.17) is 0 Å². The lowest BCUT2D eigenvalue weighted by molar-refractivity contribution is 0.377. The Morgan fingerprint density at radius 1 is 1.50 bits per heavy atom. The zero-order valence-electron chi connectivity index (χ0n) is 10.0. The Morgan fingerprint density at radius 2 is 2.25 bits per heavy atom. The Balaban J connectivity index is 2.38. The highest BCUT2D eigenvalue weighted by molar-refractivity contribution is 5.42. The van der Waals surface area contributed by atoms with Crippen LogP contribution in [0, 0.1) is 6.92 Å². The summed E-state index contributed by atoms with van der Waals surface area (Å²) in [4.78, 5) is 20.7. The van der Waals surface area contributed by atoms with E-state index in [2.05, 4.69) is 34.0 Å². The van der Waals surface area contributed by atoms with Crippen molar-refractivity contribution in [3.63, 3.8) is 0 Å². The zero-order valence-corrected chi connectivity index (χ0v) is 10.0. The molecule has 2 heterocycles. The predicted octanol–water partition coefficient (Wildman–Crippen LogP) is 0.267. The molecule has 0 bridgehead atoms. The Kier molecular flexibility index (Phi) is 2.71. The summed E-state index contributed by atoms with van der Waals surface area (Å²) >= 11 is 0. The Morgan fingerprint density at radius 3 is 2.88 bits per heavy atom. The third kappa shape index (κ3) is 2.09. The minimum atomic E-state index is -0.0863. The van der Waals surface area contributed by atoms with Crippen molar-refractivity contribution >= 4 is 5.82 Å². The maximum Gasteiger partial charge on any atom is 0.252 e. The molecule has 5 nitrogen and oxygen atoms in total. The fourth-order valence-corrected chi connectivity index (χ4v) is 2.11. The van der Waals surface area contributed by atoms with Crippen molar-refractivity contribution in [2.75, 3.05) is 24.5 Å². The molecule has 0 aromatic carbocycles. The second kappa shape index (κ2) is 3.90. The van der Waals surface area contributed by atoms with E-state index in [0.29, 0.717) is 5.82 Å². The van der Waals surface area contributed by atoms with E-state index in [1.54, 1.807) is 13.0 Å².